The van der Waals surface area contributed by atoms with Crippen molar-refractivity contribution in [3.05, 3.63) is 35.9 Å². The van der Waals surface area contributed by atoms with Crippen LogP contribution in [0, 0.1) is 16.7 Å². The summed E-state index contributed by atoms with van der Waals surface area (Å²) in [4.78, 5) is 2.32. The Hall–Kier alpha value is -1.37. The van der Waals surface area contributed by atoms with E-state index >= 15 is 0 Å². The maximum absolute atomic E-state index is 9.47. The van der Waals surface area contributed by atoms with Crippen molar-refractivity contribution in [1.29, 1.82) is 5.26 Å². The Morgan fingerprint density at radius 2 is 1.84 bits per heavy atom. The number of hydrogen-bond donors (Lipinski definition) is 1. The summed E-state index contributed by atoms with van der Waals surface area (Å²) in [6.45, 7) is 7.29. The van der Waals surface area contributed by atoms with Gasteiger partial charge in [-0.25, -0.2) is 0 Å². The second kappa shape index (κ2) is 5.32. The van der Waals surface area contributed by atoms with E-state index in [0.717, 1.165) is 18.7 Å². The van der Waals surface area contributed by atoms with Crippen LogP contribution in [0.2, 0.25) is 0 Å². The highest BCUT2D eigenvalue weighted by Crippen LogP contribution is 2.31. The number of nitriles is 1. The van der Waals surface area contributed by atoms with E-state index in [2.05, 4.69) is 24.8 Å². The van der Waals surface area contributed by atoms with Gasteiger partial charge in [0.25, 0.3) is 0 Å². The SMILES string of the molecule is CC1(C)CCN(CC(N)(C#N)c2ccccc2)CC1. The topological polar surface area (TPSA) is 53.0 Å². The van der Waals surface area contributed by atoms with E-state index in [4.69, 9.17) is 5.73 Å². The lowest BCUT2D eigenvalue weighted by Gasteiger charge is -2.39. The first kappa shape index (κ1) is 14.0. The summed E-state index contributed by atoms with van der Waals surface area (Å²) in [5.74, 6) is 0. The molecule has 0 bridgehead atoms. The molecular weight excluding hydrogens is 234 g/mol. The summed E-state index contributed by atoms with van der Waals surface area (Å²) < 4.78 is 0. The zero-order valence-corrected chi connectivity index (χ0v) is 11.9. The first-order valence-corrected chi connectivity index (χ1v) is 6.93. The van der Waals surface area contributed by atoms with Gasteiger partial charge in [0.2, 0.25) is 0 Å². The van der Waals surface area contributed by atoms with Crippen LogP contribution in [-0.4, -0.2) is 24.5 Å². The summed E-state index contributed by atoms with van der Waals surface area (Å²) in [7, 11) is 0. The summed E-state index contributed by atoms with van der Waals surface area (Å²) in [6, 6.07) is 12.0. The molecule has 1 atom stereocenters. The minimum Gasteiger partial charge on any atom is -0.309 e. The van der Waals surface area contributed by atoms with Crippen LogP contribution in [0.25, 0.3) is 0 Å². The van der Waals surface area contributed by atoms with E-state index in [9.17, 15) is 5.26 Å². The molecule has 19 heavy (non-hydrogen) atoms. The van der Waals surface area contributed by atoms with Gasteiger partial charge in [-0.15, -0.1) is 0 Å². The number of piperidine rings is 1. The van der Waals surface area contributed by atoms with Gasteiger partial charge in [0.1, 0.15) is 5.54 Å². The van der Waals surface area contributed by atoms with Crippen LogP contribution >= 0.6 is 0 Å². The fourth-order valence-corrected chi connectivity index (χ4v) is 2.60. The zero-order chi connectivity index (χ0) is 13.9. The van der Waals surface area contributed by atoms with Crippen molar-refractivity contribution < 1.29 is 0 Å². The maximum Gasteiger partial charge on any atom is 0.142 e. The summed E-state index contributed by atoms with van der Waals surface area (Å²) >= 11 is 0. The highest BCUT2D eigenvalue weighted by molar-refractivity contribution is 5.31. The number of nitrogens with zero attached hydrogens (tertiary/aromatic N) is 2. The minimum absolute atomic E-state index is 0.424. The molecule has 1 aliphatic rings. The molecule has 3 heteroatoms. The van der Waals surface area contributed by atoms with Gasteiger partial charge in [-0.05, 0) is 36.9 Å². The van der Waals surface area contributed by atoms with E-state index in [1.807, 2.05) is 30.3 Å². The van der Waals surface area contributed by atoms with Crippen LogP contribution in [-0.2, 0) is 5.54 Å². The van der Waals surface area contributed by atoms with Crippen LogP contribution in [0.4, 0.5) is 0 Å². The number of benzene rings is 1. The fourth-order valence-electron chi connectivity index (χ4n) is 2.60. The molecule has 2 rings (SSSR count). The molecule has 1 heterocycles. The molecule has 0 aromatic heterocycles. The number of hydrogen-bond acceptors (Lipinski definition) is 3. The molecule has 0 aliphatic carbocycles. The number of likely N-dealkylation sites (tertiary alicyclic amines) is 1. The van der Waals surface area contributed by atoms with E-state index in [1.165, 1.54) is 12.8 Å². The number of nitrogens with two attached hydrogens (primary N) is 1. The third-order valence-corrected chi connectivity index (χ3v) is 4.17. The Bertz CT molecular complexity index is 451. The molecule has 0 radical (unpaired) electrons. The molecule has 1 fully saturated rings. The molecule has 1 aliphatic heterocycles. The highest BCUT2D eigenvalue weighted by atomic mass is 15.2. The van der Waals surface area contributed by atoms with Crippen molar-refractivity contribution >= 4 is 0 Å². The molecule has 1 aromatic carbocycles. The zero-order valence-electron chi connectivity index (χ0n) is 11.9. The number of rotatable bonds is 3. The van der Waals surface area contributed by atoms with Gasteiger partial charge >= 0.3 is 0 Å². The standard InChI is InChI=1S/C16H23N3/c1-15(2)8-10-19(11-9-15)13-16(18,12-17)14-6-4-3-5-7-14/h3-7H,8-11,13,18H2,1-2H3. The van der Waals surface area contributed by atoms with Crippen molar-refractivity contribution in [2.24, 2.45) is 11.1 Å². The van der Waals surface area contributed by atoms with E-state index in [1.54, 1.807) is 0 Å². The largest absolute Gasteiger partial charge is 0.309 e. The van der Waals surface area contributed by atoms with Crippen LogP contribution in [0.3, 0.4) is 0 Å². The smallest absolute Gasteiger partial charge is 0.142 e. The van der Waals surface area contributed by atoms with Crippen molar-refractivity contribution in [3.63, 3.8) is 0 Å². The molecule has 1 unspecified atom stereocenters. The quantitative estimate of drug-likeness (QED) is 0.905. The normalized spacial score (nSPS) is 22.4. The van der Waals surface area contributed by atoms with Gasteiger partial charge < -0.3 is 10.6 Å². The lowest BCUT2D eigenvalue weighted by Crippen LogP contribution is -2.49. The predicted octanol–water partition coefficient (Wildman–Crippen LogP) is 2.49. The summed E-state index contributed by atoms with van der Waals surface area (Å²) in [5.41, 5.74) is 6.74. The molecule has 3 nitrogen and oxygen atoms in total. The van der Waals surface area contributed by atoms with Crippen molar-refractivity contribution in [2.75, 3.05) is 19.6 Å². The van der Waals surface area contributed by atoms with Gasteiger partial charge in [-0.1, -0.05) is 44.2 Å². The van der Waals surface area contributed by atoms with Crippen molar-refractivity contribution in [1.82, 2.24) is 4.90 Å². The first-order valence-electron chi connectivity index (χ1n) is 6.93. The Morgan fingerprint density at radius 1 is 1.26 bits per heavy atom. The van der Waals surface area contributed by atoms with Crippen LogP contribution < -0.4 is 5.73 Å². The van der Waals surface area contributed by atoms with Gasteiger partial charge in [-0.2, -0.15) is 5.26 Å². The van der Waals surface area contributed by atoms with E-state index < -0.39 is 5.54 Å². The third kappa shape index (κ3) is 3.34. The van der Waals surface area contributed by atoms with Crippen LogP contribution in [0.5, 0.6) is 0 Å². The minimum atomic E-state index is -0.900. The van der Waals surface area contributed by atoms with E-state index in [0.29, 0.717) is 12.0 Å². The van der Waals surface area contributed by atoms with Crippen LogP contribution in [0.1, 0.15) is 32.3 Å². The highest BCUT2D eigenvalue weighted by Gasteiger charge is 2.33. The Labute approximate surface area is 116 Å². The summed E-state index contributed by atoms with van der Waals surface area (Å²) in [5, 5.41) is 9.47. The van der Waals surface area contributed by atoms with Gasteiger partial charge in [0.15, 0.2) is 0 Å². The predicted molar refractivity (Wildman–Crippen MR) is 77.4 cm³/mol. The lowest BCUT2D eigenvalue weighted by molar-refractivity contribution is 0.118. The average molecular weight is 257 g/mol. The second-order valence-corrected chi connectivity index (χ2v) is 6.39. The Morgan fingerprint density at radius 3 is 2.37 bits per heavy atom. The molecule has 1 aromatic rings. The molecule has 0 amide bonds. The molecule has 0 spiro atoms. The average Bonchev–Trinajstić information content (AvgIpc) is 2.42. The monoisotopic (exact) mass is 257 g/mol. The second-order valence-electron chi connectivity index (χ2n) is 6.39. The Balaban J connectivity index is 2.07. The molecule has 2 N–H and O–H groups in total. The Kier molecular flexibility index (Phi) is 3.93. The molecule has 1 saturated heterocycles. The van der Waals surface area contributed by atoms with Crippen LogP contribution in [0.15, 0.2) is 30.3 Å². The van der Waals surface area contributed by atoms with Gasteiger partial charge in [-0.3, -0.25) is 0 Å². The van der Waals surface area contributed by atoms with Crippen molar-refractivity contribution in [2.45, 2.75) is 32.2 Å². The van der Waals surface area contributed by atoms with E-state index in [-0.39, 0.29) is 0 Å². The molecule has 0 saturated carbocycles. The lowest BCUT2D eigenvalue weighted by atomic mass is 9.82. The fraction of sp³-hybridized carbons (Fsp3) is 0.562. The van der Waals surface area contributed by atoms with Gasteiger partial charge in [0, 0.05) is 6.54 Å². The van der Waals surface area contributed by atoms with Crippen molar-refractivity contribution in [3.8, 4) is 6.07 Å². The van der Waals surface area contributed by atoms with Gasteiger partial charge in [0.05, 0.1) is 6.07 Å². The third-order valence-electron chi connectivity index (χ3n) is 4.17. The summed E-state index contributed by atoms with van der Waals surface area (Å²) in [6.07, 6.45) is 2.34. The molecular formula is C16H23N3. The maximum atomic E-state index is 9.47. The molecule has 102 valence electrons. The first-order chi connectivity index (χ1) is 8.95.